The summed E-state index contributed by atoms with van der Waals surface area (Å²) in [6.07, 6.45) is 0. The van der Waals surface area contributed by atoms with Gasteiger partial charge in [-0.1, -0.05) is 30.3 Å². The summed E-state index contributed by atoms with van der Waals surface area (Å²) in [5.41, 5.74) is 1.85. The van der Waals surface area contributed by atoms with Crippen LogP contribution in [0.5, 0.6) is 5.75 Å². The zero-order valence-electron chi connectivity index (χ0n) is 11.4. The van der Waals surface area contributed by atoms with Gasteiger partial charge in [0.05, 0.1) is 0 Å². The van der Waals surface area contributed by atoms with E-state index in [-0.39, 0.29) is 12.4 Å². The molecule has 5 heteroatoms. The number of rotatable bonds is 7. The summed E-state index contributed by atoms with van der Waals surface area (Å²) in [7, 11) is 0. The summed E-state index contributed by atoms with van der Waals surface area (Å²) in [5.74, 6) is -0.721. The molecule has 2 rings (SSSR count). The number of carboxylic acids is 1. The molecule has 0 fully saturated rings. The van der Waals surface area contributed by atoms with Crippen molar-refractivity contribution in [2.24, 2.45) is 0 Å². The number of nitrogens with one attached hydrogen (secondary N) is 1. The van der Waals surface area contributed by atoms with Crippen molar-refractivity contribution in [3.8, 4) is 5.75 Å². The molecule has 0 aromatic heterocycles. The summed E-state index contributed by atoms with van der Waals surface area (Å²) in [6, 6.07) is 13.5. The van der Waals surface area contributed by atoms with Crippen molar-refractivity contribution in [2.45, 2.75) is 13.1 Å². The first-order chi connectivity index (χ1) is 10.1. The summed E-state index contributed by atoms with van der Waals surface area (Å²) in [5, 5.41) is 11.9. The molecule has 0 aliphatic rings. The lowest BCUT2D eigenvalue weighted by molar-refractivity contribution is -0.139. The molecule has 2 aromatic carbocycles. The van der Waals surface area contributed by atoms with E-state index in [0.717, 1.165) is 11.1 Å². The fourth-order valence-corrected chi connectivity index (χ4v) is 1.87. The van der Waals surface area contributed by atoms with E-state index in [1.165, 1.54) is 12.1 Å². The number of aliphatic carboxylic acids is 1. The van der Waals surface area contributed by atoms with Crippen LogP contribution in [0.3, 0.4) is 0 Å². The smallest absolute Gasteiger partial charge is 0.341 e. The zero-order valence-corrected chi connectivity index (χ0v) is 11.4. The van der Waals surface area contributed by atoms with E-state index in [9.17, 15) is 9.18 Å². The van der Waals surface area contributed by atoms with E-state index in [1.54, 1.807) is 24.3 Å². The Labute approximate surface area is 122 Å². The van der Waals surface area contributed by atoms with Crippen LogP contribution in [0.2, 0.25) is 0 Å². The molecule has 0 saturated carbocycles. The van der Waals surface area contributed by atoms with E-state index in [1.807, 2.05) is 12.1 Å². The topological polar surface area (TPSA) is 58.6 Å². The minimum Gasteiger partial charge on any atom is -0.482 e. The Morgan fingerprint density at radius 1 is 1.10 bits per heavy atom. The van der Waals surface area contributed by atoms with Crippen molar-refractivity contribution in [2.75, 3.05) is 6.61 Å². The lowest BCUT2D eigenvalue weighted by Crippen LogP contribution is -2.15. The number of carboxylic acid groups (broad SMARTS) is 1. The molecule has 0 aliphatic carbocycles. The van der Waals surface area contributed by atoms with Crippen molar-refractivity contribution >= 4 is 5.97 Å². The number of hydrogen-bond acceptors (Lipinski definition) is 3. The average Bonchev–Trinajstić information content (AvgIpc) is 2.48. The quantitative estimate of drug-likeness (QED) is 0.822. The molecule has 4 nitrogen and oxygen atoms in total. The highest BCUT2D eigenvalue weighted by atomic mass is 19.1. The third kappa shape index (κ3) is 4.89. The van der Waals surface area contributed by atoms with Crippen LogP contribution < -0.4 is 10.1 Å². The molecule has 0 amide bonds. The van der Waals surface area contributed by atoms with Gasteiger partial charge in [0.1, 0.15) is 11.6 Å². The average molecular weight is 289 g/mol. The van der Waals surface area contributed by atoms with Gasteiger partial charge in [0.2, 0.25) is 0 Å². The highest BCUT2D eigenvalue weighted by Gasteiger charge is 2.05. The summed E-state index contributed by atoms with van der Waals surface area (Å²) < 4.78 is 18.0. The summed E-state index contributed by atoms with van der Waals surface area (Å²) in [6.45, 7) is 0.760. The van der Waals surface area contributed by atoms with Crippen LogP contribution in [0, 0.1) is 5.82 Å². The maximum atomic E-state index is 12.8. The summed E-state index contributed by atoms with van der Waals surface area (Å²) >= 11 is 0. The van der Waals surface area contributed by atoms with Gasteiger partial charge >= 0.3 is 5.97 Å². The lowest BCUT2D eigenvalue weighted by Gasteiger charge is -2.11. The molecule has 0 atom stereocenters. The summed E-state index contributed by atoms with van der Waals surface area (Å²) in [4.78, 5) is 10.5. The molecule has 21 heavy (non-hydrogen) atoms. The Bertz CT molecular complexity index is 599. The first-order valence-electron chi connectivity index (χ1n) is 6.53. The minimum atomic E-state index is -1.01. The highest BCUT2D eigenvalue weighted by Crippen LogP contribution is 2.17. The second kappa shape index (κ2) is 7.40. The van der Waals surface area contributed by atoms with Crippen molar-refractivity contribution in [3.63, 3.8) is 0 Å². The van der Waals surface area contributed by atoms with Crippen LogP contribution in [0.25, 0.3) is 0 Å². The molecule has 0 radical (unpaired) electrons. The first-order valence-corrected chi connectivity index (χ1v) is 6.53. The fourth-order valence-electron chi connectivity index (χ4n) is 1.87. The Balaban J connectivity index is 1.90. The Kier molecular flexibility index (Phi) is 5.29. The third-order valence-electron chi connectivity index (χ3n) is 2.88. The first kappa shape index (κ1) is 15.0. The predicted octanol–water partition coefficient (Wildman–Crippen LogP) is 2.58. The molecular formula is C16H16FNO3. The van der Waals surface area contributed by atoms with E-state index in [2.05, 4.69) is 5.32 Å². The molecule has 0 unspecified atom stereocenters. The number of carbonyl (C=O) groups is 1. The van der Waals surface area contributed by atoms with Gasteiger partial charge in [-0.05, 0) is 23.8 Å². The number of benzene rings is 2. The van der Waals surface area contributed by atoms with Gasteiger partial charge in [-0.25, -0.2) is 9.18 Å². The fraction of sp³-hybridized carbons (Fsp3) is 0.188. The monoisotopic (exact) mass is 289 g/mol. The van der Waals surface area contributed by atoms with Crippen LogP contribution in [-0.4, -0.2) is 17.7 Å². The Morgan fingerprint density at radius 2 is 1.81 bits per heavy atom. The maximum Gasteiger partial charge on any atom is 0.341 e. The van der Waals surface area contributed by atoms with Crippen LogP contribution >= 0.6 is 0 Å². The van der Waals surface area contributed by atoms with Crippen molar-refractivity contribution in [3.05, 3.63) is 65.5 Å². The second-order valence-corrected chi connectivity index (χ2v) is 4.52. The standard InChI is InChI=1S/C16H16FNO3/c17-14-7-5-12(6-8-14)9-18-10-13-3-1-2-4-15(13)21-11-16(19)20/h1-8,18H,9-11H2,(H,19,20). The lowest BCUT2D eigenvalue weighted by atomic mass is 10.2. The Morgan fingerprint density at radius 3 is 2.52 bits per heavy atom. The molecule has 2 N–H and O–H groups in total. The van der Waals surface area contributed by atoms with Gasteiger partial charge in [-0.15, -0.1) is 0 Å². The molecule has 0 bridgehead atoms. The zero-order chi connectivity index (χ0) is 15.1. The van der Waals surface area contributed by atoms with Crippen LogP contribution in [0.1, 0.15) is 11.1 Å². The number of ether oxygens (including phenoxy) is 1. The van der Waals surface area contributed by atoms with Crippen LogP contribution in [0.4, 0.5) is 4.39 Å². The molecule has 0 saturated heterocycles. The number of para-hydroxylation sites is 1. The molecule has 0 aliphatic heterocycles. The predicted molar refractivity (Wildman–Crippen MR) is 76.5 cm³/mol. The third-order valence-corrected chi connectivity index (χ3v) is 2.88. The van der Waals surface area contributed by atoms with Gasteiger partial charge in [-0.2, -0.15) is 0 Å². The highest BCUT2D eigenvalue weighted by molar-refractivity contribution is 5.68. The van der Waals surface area contributed by atoms with Crippen LogP contribution in [-0.2, 0) is 17.9 Å². The van der Waals surface area contributed by atoms with Gasteiger partial charge in [0, 0.05) is 18.7 Å². The van der Waals surface area contributed by atoms with Gasteiger partial charge in [0.25, 0.3) is 0 Å². The second-order valence-electron chi connectivity index (χ2n) is 4.52. The molecule has 2 aromatic rings. The molecule has 110 valence electrons. The maximum absolute atomic E-state index is 12.8. The van der Waals surface area contributed by atoms with Gasteiger partial charge < -0.3 is 15.2 Å². The van der Waals surface area contributed by atoms with Gasteiger partial charge in [-0.3, -0.25) is 0 Å². The number of halogens is 1. The largest absolute Gasteiger partial charge is 0.482 e. The van der Waals surface area contributed by atoms with Crippen LogP contribution in [0.15, 0.2) is 48.5 Å². The van der Waals surface area contributed by atoms with Crippen molar-refractivity contribution < 1.29 is 19.0 Å². The Hall–Kier alpha value is -2.40. The van der Waals surface area contributed by atoms with E-state index >= 15 is 0 Å². The van der Waals surface area contributed by atoms with Gasteiger partial charge in [0.15, 0.2) is 6.61 Å². The molecular weight excluding hydrogens is 273 g/mol. The molecule has 0 spiro atoms. The van der Waals surface area contributed by atoms with E-state index in [4.69, 9.17) is 9.84 Å². The van der Waals surface area contributed by atoms with Crippen molar-refractivity contribution in [1.29, 1.82) is 0 Å². The normalized spacial score (nSPS) is 10.3. The SMILES string of the molecule is O=C(O)COc1ccccc1CNCc1ccc(F)cc1. The van der Waals surface area contributed by atoms with Crippen molar-refractivity contribution in [1.82, 2.24) is 5.32 Å². The van der Waals surface area contributed by atoms with E-state index in [0.29, 0.717) is 18.8 Å². The molecule has 0 heterocycles. The number of hydrogen-bond donors (Lipinski definition) is 2. The van der Waals surface area contributed by atoms with E-state index < -0.39 is 5.97 Å². The minimum absolute atomic E-state index is 0.258.